The van der Waals surface area contributed by atoms with E-state index in [1.165, 1.54) is 0 Å². The smallest absolute Gasteiger partial charge is 0.200 e. The van der Waals surface area contributed by atoms with Gasteiger partial charge >= 0.3 is 0 Å². The zero-order chi connectivity index (χ0) is 13.3. The van der Waals surface area contributed by atoms with Gasteiger partial charge in [0.2, 0.25) is 5.82 Å². The van der Waals surface area contributed by atoms with Crippen molar-refractivity contribution in [3.63, 3.8) is 0 Å². The van der Waals surface area contributed by atoms with E-state index in [9.17, 15) is 22.0 Å². The molecule has 1 aromatic rings. The van der Waals surface area contributed by atoms with E-state index >= 15 is 0 Å². The quantitative estimate of drug-likeness (QED) is 0.496. The molecule has 1 saturated heterocycles. The van der Waals surface area contributed by atoms with Crippen LogP contribution in [0.2, 0.25) is 0 Å². The number of piperidine rings is 1. The number of halogens is 5. The molecule has 2 nitrogen and oxygen atoms in total. The van der Waals surface area contributed by atoms with Crippen molar-refractivity contribution >= 4 is 5.69 Å². The molecule has 1 aliphatic rings. The molecular formula is C11H10F5N2. The van der Waals surface area contributed by atoms with Crippen LogP contribution >= 0.6 is 0 Å². The third kappa shape index (κ3) is 2.27. The summed E-state index contributed by atoms with van der Waals surface area (Å²) in [6.07, 6.45) is 0.999. The summed E-state index contributed by atoms with van der Waals surface area (Å²) in [7, 11) is 0. The predicted molar refractivity (Wildman–Crippen MR) is 54.7 cm³/mol. The van der Waals surface area contributed by atoms with Gasteiger partial charge in [-0.05, 0) is 12.8 Å². The molecule has 1 aliphatic heterocycles. The van der Waals surface area contributed by atoms with Gasteiger partial charge in [-0.15, -0.1) is 0 Å². The minimum absolute atomic E-state index is 0.337. The molecule has 18 heavy (non-hydrogen) atoms. The number of anilines is 1. The fourth-order valence-electron chi connectivity index (χ4n) is 1.83. The van der Waals surface area contributed by atoms with Crippen LogP contribution in [0.3, 0.4) is 0 Å². The third-order valence-electron chi connectivity index (χ3n) is 2.83. The molecule has 7 heteroatoms. The van der Waals surface area contributed by atoms with Gasteiger partial charge in [0.15, 0.2) is 23.3 Å². The second kappa shape index (κ2) is 5.09. The Morgan fingerprint density at radius 1 is 0.778 bits per heavy atom. The summed E-state index contributed by atoms with van der Waals surface area (Å²) in [5.41, 5.74) is -0.960. The fraction of sp³-hybridized carbons (Fsp3) is 0.455. The van der Waals surface area contributed by atoms with E-state index in [0.717, 1.165) is 0 Å². The molecule has 0 amide bonds. The Labute approximate surface area is 100 Å². The first kappa shape index (κ1) is 13.1. The van der Waals surface area contributed by atoms with Crippen LogP contribution in [-0.4, -0.2) is 19.1 Å². The minimum Gasteiger partial charge on any atom is -0.377 e. The normalized spacial score (nSPS) is 16.9. The van der Waals surface area contributed by atoms with Gasteiger partial charge in [0.1, 0.15) is 5.69 Å². The van der Waals surface area contributed by atoms with E-state index in [1.807, 2.05) is 0 Å². The maximum atomic E-state index is 13.4. The van der Waals surface area contributed by atoms with Gasteiger partial charge in [-0.3, -0.25) is 0 Å². The molecule has 0 aromatic heterocycles. The Kier molecular flexibility index (Phi) is 3.70. The molecule has 1 aromatic carbocycles. The Morgan fingerprint density at radius 2 is 1.22 bits per heavy atom. The third-order valence-corrected chi connectivity index (χ3v) is 2.83. The first-order valence-electron chi connectivity index (χ1n) is 5.43. The minimum atomic E-state index is -2.14. The number of nitrogens with zero attached hydrogens (tertiary/aromatic N) is 1. The highest BCUT2D eigenvalue weighted by Gasteiger charge is 2.27. The Balaban J connectivity index is 2.32. The second-order valence-corrected chi connectivity index (χ2v) is 4.03. The molecule has 0 atom stereocenters. The zero-order valence-corrected chi connectivity index (χ0v) is 9.24. The molecule has 1 fully saturated rings. The molecule has 1 N–H and O–H groups in total. The van der Waals surface area contributed by atoms with Gasteiger partial charge in [0.25, 0.3) is 0 Å². The Hall–Kier alpha value is -1.37. The first-order valence-corrected chi connectivity index (χ1v) is 5.43. The molecule has 0 bridgehead atoms. The number of rotatable bonds is 2. The van der Waals surface area contributed by atoms with Gasteiger partial charge in [-0.25, -0.2) is 27.3 Å². The van der Waals surface area contributed by atoms with Crippen LogP contribution in [0.1, 0.15) is 12.8 Å². The summed E-state index contributed by atoms with van der Waals surface area (Å²) < 4.78 is 65.4. The predicted octanol–water partition coefficient (Wildman–Crippen LogP) is 2.56. The molecule has 99 valence electrons. The molecule has 0 unspecified atom stereocenters. The lowest BCUT2D eigenvalue weighted by molar-refractivity contribution is 0.378. The number of benzene rings is 1. The molecule has 1 heterocycles. The van der Waals surface area contributed by atoms with Gasteiger partial charge < -0.3 is 5.32 Å². The maximum absolute atomic E-state index is 13.4. The molecule has 1 radical (unpaired) electrons. The SMILES string of the molecule is Fc1c(F)c(F)c(NC2CC[N]CC2)c(F)c1F. The van der Waals surface area contributed by atoms with E-state index in [-0.39, 0.29) is 6.04 Å². The van der Waals surface area contributed by atoms with Crippen molar-refractivity contribution in [3.05, 3.63) is 29.1 Å². The highest BCUT2D eigenvalue weighted by atomic mass is 19.2. The van der Waals surface area contributed by atoms with Crippen LogP contribution in [-0.2, 0) is 0 Å². The molecule has 0 spiro atoms. The monoisotopic (exact) mass is 265 g/mol. The average molecular weight is 265 g/mol. The average Bonchev–Trinajstić information content (AvgIpc) is 2.40. The number of hydrogen-bond acceptors (Lipinski definition) is 1. The largest absolute Gasteiger partial charge is 0.377 e. The summed E-state index contributed by atoms with van der Waals surface area (Å²) in [6, 6.07) is -0.337. The lowest BCUT2D eigenvalue weighted by Gasteiger charge is -2.24. The van der Waals surface area contributed by atoms with Crippen molar-refractivity contribution in [1.29, 1.82) is 0 Å². The Bertz CT molecular complexity index is 428. The maximum Gasteiger partial charge on any atom is 0.200 e. The summed E-state index contributed by atoms with van der Waals surface area (Å²) in [4.78, 5) is 0. The van der Waals surface area contributed by atoms with Crippen molar-refractivity contribution in [3.8, 4) is 0 Å². The van der Waals surface area contributed by atoms with Crippen molar-refractivity contribution < 1.29 is 22.0 Å². The highest BCUT2D eigenvalue weighted by Crippen LogP contribution is 2.28. The van der Waals surface area contributed by atoms with E-state index in [1.54, 1.807) is 0 Å². The molecule has 0 aliphatic carbocycles. The van der Waals surface area contributed by atoms with Gasteiger partial charge in [0, 0.05) is 19.1 Å². The van der Waals surface area contributed by atoms with E-state index < -0.39 is 34.8 Å². The van der Waals surface area contributed by atoms with Crippen molar-refractivity contribution in [2.75, 3.05) is 18.4 Å². The summed E-state index contributed by atoms with van der Waals surface area (Å²) in [5.74, 6) is -9.66. The van der Waals surface area contributed by atoms with Gasteiger partial charge in [-0.1, -0.05) is 0 Å². The van der Waals surface area contributed by atoms with Crippen molar-refractivity contribution in [1.82, 2.24) is 5.32 Å². The zero-order valence-electron chi connectivity index (χ0n) is 9.24. The number of nitrogens with one attached hydrogen (secondary N) is 1. The topological polar surface area (TPSA) is 26.1 Å². The van der Waals surface area contributed by atoms with E-state index in [0.29, 0.717) is 25.9 Å². The van der Waals surface area contributed by atoms with Crippen LogP contribution in [0.15, 0.2) is 0 Å². The van der Waals surface area contributed by atoms with Crippen molar-refractivity contribution in [2.24, 2.45) is 0 Å². The van der Waals surface area contributed by atoms with Gasteiger partial charge in [-0.2, -0.15) is 0 Å². The van der Waals surface area contributed by atoms with Gasteiger partial charge in [0.05, 0.1) is 0 Å². The summed E-state index contributed by atoms with van der Waals surface area (Å²) in [6.45, 7) is 1.01. The highest BCUT2D eigenvalue weighted by molar-refractivity contribution is 5.48. The summed E-state index contributed by atoms with van der Waals surface area (Å²) in [5, 5.41) is 6.40. The standard InChI is InChI=1S/C11H10F5N2/c12-6-7(13)9(15)11(10(16)8(6)14)18-5-1-3-17-4-2-5/h5,18H,1-4H2. The lowest BCUT2D eigenvalue weighted by atomic mass is 10.1. The van der Waals surface area contributed by atoms with E-state index in [4.69, 9.17) is 0 Å². The molecule has 0 saturated carbocycles. The lowest BCUT2D eigenvalue weighted by Crippen LogP contribution is -2.32. The Morgan fingerprint density at radius 3 is 1.72 bits per heavy atom. The fourth-order valence-corrected chi connectivity index (χ4v) is 1.83. The van der Waals surface area contributed by atoms with Crippen molar-refractivity contribution in [2.45, 2.75) is 18.9 Å². The summed E-state index contributed by atoms with van der Waals surface area (Å²) >= 11 is 0. The van der Waals surface area contributed by atoms with Crippen LogP contribution in [0.25, 0.3) is 0 Å². The van der Waals surface area contributed by atoms with Crippen LogP contribution in [0, 0.1) is 29.1 Å². The molecule has 2 rings (SSSR count). The molecular weight excluding hydrogens is 255 g/mol. The van der Waals surface area contributed by atoms with E-state index in [2.05, 4.69) is 10.6 Å². The van der Waals surface area contributed by atoms with Crippen LogP contribution in [0.4, 0.5) is 27.6 Å². The van der Waals surface area contributed by atoms with Crippen LogP contribution in [0.5, 0.6) is 0 Å². The first-order chi connectivity index (χ1) is 8.52. The number of hydrogen-bond donors (Lipinski definition) is 1. The second-order valence-electron chi connectivity index (χ2n) is 4.03. The van der Waals surface area contributed by atoms with Crippen LogP contribution < -0.4 is 10.6 Å².